The van der Waals surface area contributed by atoms with Gasteiger partial charge in [0.2, 0.25) is 5.84 Å². The fourth-order valence-electron chi connectivity index (χ4n) is 4.34. The van der Waals surface area contributed by atoms with Gasteiger partial charge in [-0.1, -0.05) is 37.3 Å². The zero-order valence-corrected chi connectivity index (χ0v) is 19.0. The quantitative estimate of drug-likeness (QED) is 0.592. The van der Waals surface area contributed by atoms with Gasteiger partial charge in [-0.3, -0.25) is 4.98 Å². The van der Waals surface area contributed by atoms with E-state index in [1.807, 2.05) is 36.5 Å². The van der Waals surface area contributed by atoms with Crippen molar-refractivity contribution in [1.82, 2.24) is 14.9 Å². The number of aromatic nitrogens is 1. The van der Waals surface area contributed by atoms with Gasteiger partial charge in [0.1, 0.15) is 5.70 Å². The molecule has 1 aromatic heterocycles. The standard InChI is InChI=1S/C25H32N6/c1-5-23-24(27-16-19(3)30-14-8-12-25(4,6-2)18-30)28-29-31(23)17-20-10-11-22-21(15-20)9-7-13-26-22/h5,7,9-11,13,15-16H,6,8,12,14,17-18H2,1-4H3/b19-16+,23-5?,27-24+. The van der Waals surface area contributed by atoms with Crippen LogP contribution in [0.4, 0.5) is 0 Å². The van der Waals surface area contributed by atoms with Crippen LogP contribution in [0, 0.1) is 5.41 Å². The Morgan fingerprint density at radius 1 is 1.29 bits per heavy atom. The van der Waals surface area contributed by atoms with E-state index < -0.39 is 0 Å². The van der Waals surface area contributed by atoms with Crippen molar-refractivity contribution in [2.75, 3.05) is 13.1 Å². The van der Waals surface area contributed by atoms with Crippen LogP contribution in [-0.4, -0.2) is 33.8 Å². The molecule has 0 amide bonds. The number of hydrogen-bond acceptors (Lipinski definition) is 5. The fourth-order valence-corrected chi connectivity index (χ4v) is 4.34. The summed E-state index contributed by atoms with van der Waals surface area (Å²) in [5, 5.41) is 11.8. The van der Waals surface area contributed by atoms with E-state index in [1.54, 1.807) is 0 Å². The van der Waals surface area contributed by atoms with Crippen LogP contribution < -0.4 is 0 Å². The molecule has 1 fully saturated rings. The lowest BCUT2D eigenvalue weighted by Gasteiger charge is -2.41. The lowest BCUT2D eigenvalue weighted by Crippen LogP contribution is -2.40. The van der Waals surface area contributed by atoms with E-state index in [2.05, 4.69) is 65.3 Å². The van der Waals surface area contributed by atoms with E-state index in [-0.39, 0.29) is 0 Å². The van der Waals surface area contributed by atoms with Crippen molar-refractivity contribution in [3.8, 4) is 0 Å². The monoisotopic (exact) mass is 416 g/mol. The summed E-state index contributed by atoms with van der Waals surface area (Å²) in [6.45, 7) is 11.7. The molecule has 0 N–H and O–H groups in total. The second-order valence-corrected chi connectivity index (χ2v) is 8.86. The van der Waals surface area contributed by atoms with Crippen molar-refractivity contribution >= 4 is 16.7 Å². The SMILES string of the molecule is CC=C1/C(=N\C=C(/C)N2CCCC(C)(CC)C2)N=NN1Cc1ccc2ncccc2c1. The Labute approximate surface area is 185 Å². The van der Waals surface area contributed by atoms with E-state index in [0.29, 0.717) is 17.8 Å². The predicted molar refractivity (Wildman–Crippen MR) is 126 cm³/mol. The van der Waals surface area contributed by atoms with Gasteiger partial charge in [-0.25, -0.2) is 10.0 Å². The van der Waals surface area contributed by atoms with E-state index >= 15 is 0 Å². The van der Waals surface area contributed by atoms with Gasteiger partial charge in [0.15, 0.2) is 0 Å². The first-order chi connectivity index (χ1) is 15.0. The number of hydrogen-bond donors (Lipinski definition) is 0. The maximum atomic E-state index is 4.70. The minimum absolute atomic E-state index is 0.397. The Hall–Kier alpha value is -3.02. The number of pyridine rings is 1. The molecule has 2 aliphatic heterocycles. The van der Waals surface area contributed by atoms with Crippen LogP contribution in [0.2, 0.25) is 0 Å². The van der Waals surface area contributed by atoms with Crippen LogP contribution in [0.5, 0.6) is 0 Å². The number of aliphatic imine (C=N–C) groups is 1. The molecule has 2 aliphatic rings. The first kappa shape index (κ1) is 21.2. The Balaban J connectivity index is 1.47. The maximum Gasteiger partial charge on any atom is 0.201 e. The number of allylic oxidation sites excluding steroid dienone is 2. The van der Waals surface area contributed by atoms with Crippen LogP contribution in [-0.2, 0) is 6.54 Å². The third kappa shape index (κ3) is 4.68. The Bertz CT molecular complexity index is 1070. The zero-order valence-electron chi connectivity index (χ0n) is 19.0. The molecule has 2 aromatic rings. The first-order valence-electron chi connectivity index (χ1n) is 11.2. The van der Waals surface area contributed by atoms with Gasteiger partial charge in [-0.2, -0.15) is 0 Å². The number of benzene rings is 1. The highest BCUT2D eigenvalue weighted by molar-refractivity contribution is 5.99. The average Bonchev–Trinajstić information content (AvgIpc) is 3.18. The van der Waals surface area contributed by atoms with Crippen molar-refractivity contribution in [3.05, 3.63) is 65.8 Å². The molecule has 162 valence electrons. The van der Waals surface area contributed by atoms with Crippen molar-refractivity contribution < 1.29 is 0 Å². The minimum Gasteiger partial charge on any atom is -0.373 e. The average molecular weight is 417 g/mol. The molecule has 31 heavy (non-hydrogen) atoms. The number of nitrogens with zero attached hydrogens (tertiary/aromatic N) is 6. The van der Waals surface area contributed by atoms with Crippen LogP contribution in [0.3, 0.4) is 0 Å². The van der Waals surface area contributed by atoms with Gasteiger partial charge >= 0.3 is 0 Å². The van der Waals surface area contributed by atoms with Crippen LogP contribution >= 0.6 is 0 Å². The molecule has 0 bridgehead atoms. The van der Waals surface area contributed by atoms with Crippen molar-refractivity contribution in [3.63, 3.8) is 0 Å². The number of piperidine rings is 1. The van der Waals surface area contributed by atoms with Crippen molar-refractivity contribution in [2.24, 2.45) is 20.7 Å². The van der Waals surface area contributed by atoms with Gasteiger partial charge in [0.05, 0.1) is 12.1 Å². The molecule has 0 saturated carbocycles. The smallest absolute Gasteiger partial charge is 0.201 e. The summed E-state index contributed by atoms with van der Waals surface area (Å²) < 4.78 is 0. The highest BCUT2D eigenvalue weighted by atomic mass is 15.6. The summed E-state index contributed by atoms with van der Waals surface area (Å²) in [4.78, 5) is 11.6. The highest BCUT2D eigenvalue weighted by Gasteiger charge is 2.29. The summed E-state index contributed by atoms with van der Waals surface area (Å²) in [6.07, 6.45) is 9.55. The van der Waals surface area contributed by atoms with Gasteiger partial charge in [0, 0.05) is 36.6 Å². The van der Waals surface area contributed by atoms with Gasteiger partial charge in [-0.05, 0) is 62.3 Å². The molecule has 3 heterocycles. The third-order valence-corrected chi connectivity index (χ3v) is 6.53. The van der Waals surface area contributed by atoms with Crippen LogP contribution in [0.1, 0.15) is 52.5 Å². The second kappa shape index (κ2) is 9.00. The molecule has 0 radical (unpaired) electrons. The molecule has 6 nitrogen and oxygen atoms in total. The summed E-state index contributed by atoms with van der Waals surface area (Å²) in [5.74, 6) is 0.666. The molecule has 1 aromatic carbocycles. The summed E-state index contributed by atoms with van der Waals surface area (Å²) in [7, 11) is 0. The second-order valence-electron chi connectivity index (χ2n) is 8.86. The lowest BCUT2D eigenvalue weighted by atomic mass is 9.79. The van der Waals surface area contributed by atoms with E-state index in [0.717, 1.165) is 29.7 Å². The summed E-state index contributed by atoms with van der Waals surface area (Å²) >= 11 is 0. The minimum atomic E-state index is 0.397. The Kier molecular flexibility index (Phi) is 6.16. The van der Waals surface area contributed by atoms with Gasteiger partial charge < -0.3 is 4.90 Å². The predicted octanol–water partition coefficient (Wildman–Crippen LogP) is 6.09. The van der Waals surface area contributed by atoms with Crippen LogP contribution in [0.25, 0.3) is 10.9 Å². The van der Waals surface area contributed by atoms with Gasteiger partial charge in [0.25, 0.3) is 0 Å². The van der Waals surface area contributed by atoms with Gasteiger partial charge in [-0.15, -0.1) is 5.11 Å². The van der Waals surface area contributed by atoms with Crippen molar-refractivity contribution in [2.45, 2.75) is 53.5 Å². The fraction of sp³-hybridized carbons (Fsp3) is 0.440. The first-order valence-corrected chi connectivity index (χ1v) is 11.2. The number of fused-ring (bicyclic) bond motifs is 1. The molecule has 1 saturated heterocycles. The molecule has 0 spiro atoms. The maximum absolute atomic E-state index is 4.70. The third-order valence-electron chi connectivity index (χ3n) is 6.53. The van der Waals surface area contributed by atoms with E-state index in [9.17, 15) is 0 Å². The molecule has 1 atom stereocenters. The van der Waals surface area contributed by atoms with E-state index in [1.165, 1.54) is 30.5 Å². The molecular formula is C25H32N6. The Morgan fingerprint density at radius 3 is 2.97 bits per heavy atom. The number of likely N-dealkylation sites (tertiary alicyclic amines) is 1. The summed E-state index contributed by atoms with van der Waals surface area (Å²) in [5.41, 5.74) is 4.69. The normalized spacial score (nSPS) is 24.7. The highest BCUT2D eigenvalue weighted by Crippen LogP contribution is 2.34. The van der Waals surface area contributed by atoms with E-state index in [4.69, 9.17) is 4.99 Å². The largest absolute Gasteiger partial charge is 0.373 e. The molecule has 1 unspecified atom stereocenters. The molecule has 0 aliphatic carbocycles. The topological polar surface area (TPSA) is 56.5 Å². The number of rotatable bonds is 5. The molecular weight excluding hydrogens is 384 g/mol. The van der Waals surface area contributed by atoms with Crippen molar-refractivity contribution in [1.29, 1.82) is 0 Å². The molecule has 6 heteroatoms. The number of amidine groups is 1. The van der Waals surface area contributed by atoms with Crippen LogP contribution in [0.15, 0.2) is 75.5 Å². The Morgan fingerprint density at radius 2 is 2.16 bits per heavy atom. The zero-order chi connectivity index (χ0) is 21.8. The molecule has 4 rings (SSSR count). The summed E-state index contributed by atoms with van der Waals surface area (Å²) in [6, 6.07) is 10.4. The lowest BCUT2D eigenvalue weighted by molar-refractivity contribution is 0.127.